The Kier molecular flexibility index (Phi) is 5.59. The molecule has 0 saturated carbocycles. The molecule has 1 N–H and O–H groups in total. The number of ether oxygens (including phenoxy) is 1. The molecular weight excluding hydrogens is 362 g/mol. The highest BCUT2D eigenvalue weighted by Gasteiger charge is 2.14. The molecule has 0 aliphatic carbocycles. The predicted octanol–water partition coefficient (Wildman–Crippen LogP) is 4.37. The van der Waals surface area contributed by atoms with E-state index in [9.17, 15) is 4.79 Å². The van der Waals surface area contributed by atoms with Crippen molar-refractivity contribution >= 4 is 16.8 Å². The van der Waals surface area contributed by atoms with Crippen molar-refractivity contribution in [1.29, 1.82) is 0 Å². The first-order chi connectivity index (χ1) is 14.2. The summed E-state index contributed by atoms with van der Waals surface area (Å²) in [5.74, 6) is -0.129. The van der Waals surface area contributed by atoms with Crippen LogP contribution < -0.4 is 5.32 Å². The lowest BCUT2D eigenvalue weighted by atomic mass is 10.0. The van der Waals surface area contributed by atoms with E-state index in [0.29, 0.717) is 18.7 Å². The van der Waals surface area contributed by atoms with Gasteiger partial charge in [-0.2, -0.15) is 0 Å². The molecule has 29 heavy (non-hydrogen) atoms. The second-order valence-corrected chi connectivity index (χ2v) is 6.74. The van der Waals surface area contributed by atoms with E-state index >= 15 is 0 Å². The van der Waals surface area contributed by atoms with E-state index in [1.165, 1.54) is 0 Å². The molecule has 2 aromatic carbocycles. The molecule has 0 fully saturated rings. The van der Waals surface area contributed by atoms with E-state index in [0.717, 1.165) is 33.3 Å². The number of hydrogen-bond donors (Lipinski definition) is 1. The van der Waals surface area contributed by atoms with E-state index in [-0.39, 0.29) is 5.91 Å². The number of nitrogens with one attached hydrogen (secondary N) is 1. The average Bonchev–Trinajstić information content (AvgIpc) is 2.78. The molecule has 0 unspecified atom stereocenters. The van der Waals surface area contributed by atoms with Crippen LogP contribution in [0.5, 0.6) is 0 Å². The number of rotatable bonds is 6. The predicted molar refractivity (Wildman–Crippen MR) is 113 cm³/mol. The van der Waals surface area contributed by atoms with Gasteiger partial charge in [-0.25, -0.2) is 4.98 Å². The van der Waals surface area contributed by atoms with Crippen molar-refractivity contribution in [2.75, 3.05) is 7.11 Å². The second-order valence-electron chi connectivity index (χ2n) is 6.74. The number of benzene rings is 2. The molecule has 0 radical (unpaired) electrons. The summed E-state index contributed by atoms with van der Waals surface area (Å²) in [4.78, 5) is 21.8. The minimum atomic E-state index is -0.129. The van der Waals surface area contributed by atoms with Crippen molar-refractivity contribution in [1.82, 2.24) is 15.3 Å². The molecule has 0 aliphatic heterocycles. The summed E-state index contributed by atoms with van der Waals surface area (Å²) in [6.07, 6.45) is 3.44. The number of nitrogens with zero attached hydrogens (tertiary/aromatic N) is 2. The van der Waals surface area contributed by atoms with E-state index < -0.39 is 0 Å². The molecule has 0 spiro atoms. The topological polar surface area (TPSA) is 64.1 Å². The SMILES string of the molecule is COCc1cccc(CNC(=O)c2cc(-c3ccncc3)nc3ccccc23)c1. The van der Waals surface area contributed by atoms with Crippen molar-refractivity contribution in [3.05, 3.63) is 95.8 Å². The zero-order valence-corrected chi connectivity index (χ0v) is 16.1. The van der Waals surface area contributed by atoms with E-state index in [1.54, 1.807) is 19.5 Å². The number of aromatic nitrogens is 2. The fraction of sp³-hybridized carbons (Fsp3) is 0.125. The van der Waals surface area contributed by atoms with Crippen LogP contribution in [-0.4, -0.2) is 23.0 Å². The van der Waals surface area contributed by atoms with E-state index in [1.807, 2.05) is 66.7 Å². The van der Waals surface area contributed by atoms with Gasteiger partial charge in [0.15, 0.2) is 0 Å². The van der Waals surface area contributed by atoms with Gasteiger partial charge in [-0.3, -0.25) is 9.78 Å². The molecule has 4 aromatic rings. The monoisotopic (exact) mass is 383 g/mol. The van der Waals surface area contributed by atoms with Gasteiger partial charge in [-0.05, 0) is 35.4 Å². The molecule has 144 valence electrons. The van der Waals surface area contributed by atoms with E-state index in [4.69, 9.17) is 9.72 Å². The van der Waals surface area contributed by atoms with Gasteiger partial charge >= 0.3 is 0 Å². The first-order valence-corrected chi connectivity index (χ1v) is 9.40. The summed E-state index contributed by atoms with van der Waals surface area (Å²) >= 11 is 0. The van der Waals surface area contributed by atoms with Gasteiger partial charge in [0.1, 0.15) is 0 Å². The molecule has 5 heteroatoms. The summed E-state index contributed by atoms with van der Waals surface area (Å²) in [7, 11) is 1.67. The standard InChI is InChI=1S/C24H21N3O2/c1-29-16-18-6-4-5-17(13-18)15-26-24(28)21-14-23(19-9-11-25-12-10-19)27-22-8-3-2-7-20(21)22/h2-14H,15-16H2,1H3,(H,26,28). The Hall–Kier alpha value is -3.57. The normalized spacial score (nSPS) is 10.8. The quantitative estimate of drug-likeness (QED) is 0.537. The molecule has 1 amide bonds. The van der Waals surface area contributed by atoms with Gasteiger partial charge in [0.25, 0.3) is 5.91 Å². The average molecular weight is 383 g/mol. The Morgan fingerprint density at radius 3 is 2.59 bits per heavy atom. The van der Waals surface area contributed by atoms with Gasteiger partial charge in [0, 0.05) is 37.0 Å². The maximum atomic E-state index is 13.1. The van der Waals surface area contributed by atoms with Crippen molar-refractivity contribution in [3.63, 3.8) is 0 Å². The zero-order chi connectivity index (χ0) is 20.1. The molecule has 0 saturated heterocycles. The summed E-state index contributed by atoms with van der Waals surface area (Å²) in [6.45, 7) is 0.990. The van der Waals surface area contributed by atoms with Crippen LogP contribution in [0.15, 0.2) is 79.1 Å². The zero-order valence-electron chi connectivity index (χ0n) is 16.1. The van der Waals surface area contributed by atoms with Crippen LogP contribution in [0.25, 0.3) is 22.2 Å². The van der Waals surface area contributed by atoms with E-state index in [2.05, 4.69) is 10.3 Å². The highest BCUT2D eigenvalue weighted by Crippen LogP contribution is 2.24. The molecule has 4 rings (SSSR count). The summed E-state index contributed by atoms with van der Waals surface area (Å²) in [6, 6.07) is 21.3. The molecule has 2 aromatic heterocycles. The molecule has 5 nitrogen and oxygen atoms in total. The summed E-state index contributed by atoms with van der Waals surface area (Å²) in [5, 5.41) is 3.87. The number of hydrogen-bond acceptors (Lipinski definition) is 4. The number of amides is 1. The van der Waals surface area contributed by atoms with Crippen molar-refractivity contribution in [2.45, 2.75) is 13.2 Å². The lowest BCUT2D eigenvalue weighted by Crippen LogP contribution is -2.23. The minimum absolute atomic E-state index is 0.129. The van der Waals surface area contributed by atoms with Crippen molar-refractivity contribution in [2.24, 2.45) is 0 Å². The van der Waals surface area contributed by atoms with Crippen LogP contribution in [0.3, 0.4) is 0 Å². The minimum Gasteiger partial charge on any atom is -0.380 e. The largest absolute Gasteiger partial charge is 0.380 e. The Morgan fingerprint density at radius 1 is 0.966 bits per heavy atom. The Bertz CT molecular complexity index is 1140. The molecular formula is C24H21N3O2. The third-order valence-corrected chi connectivity index (χ3v) is 4.69. The number of carbonyl (C=O) groups excluding carboxylic acids is 1. The van der Waals surface area contributed by atoms with Crippen LogP contribution >= 0.6 is 0 Å². The highest BCUT2D eigenvalue weighted by molar-refractivity contribution is 6.07. The lowest BCUT2D eigenvalue weighted by Gasteiger charge is -2.11. The molecule has 0 atom stereocenters. The number of pyridine rings is 2. The first kappa shape index (κ1) is 18.8. The maximum absolute atomic E-state index is 13.1. The van der Waals surface area contributed by atoms with Crippen LogP contribution in [0.2, 0.25) is 0 Å². The second kappa shape index (κ2) is 8.63. The number of para-hydroxylation sites is 1. The fourth-order valence-electron chi connectivity index (χ4n) is 3.31. The first-order valence-electron chi connectivity index (χ1n) is 9.40. The third-order valence-electron chi connectivity index (χ3n) is 4.69. The highest BCUT2D eigenvalue weighted by atomic mass is 16.5. The number of carbonyl (C=O) groups is 1. The maximum Gasteiger partial charge on any atom is 0.252 e. The summed E-state index contributed by atoms with van der Waals surface area (Å²) in [5.41, 5.74) is 5.17. The third kappa shape index (κ3) is 4.31. The summed E-state index contributed by atoms with van der Waals surface area (Å²) < 4.78 is 5.18. The van der Waals surface area contributed by atoms with Gasteiger partial charge in [-0.15, -0.1) is 0 Å². The van der Waals surface area contributed by atoms with Gasteiger partial charge in [-0.1, -0.05) is 42.5 Å². The lowest BCUT2D eigenvalue weighted by molar-refractivity contribution is 0.0952. The van der Waals surface area contributed by atoms with Crippen LogP contribution in [0, 0.1) is 0 Å². The van der Waals surface area contributed by atoms with Crippen molar-refractivity contribution < 1.29 is 9.53 Å². The Morgan fingerprint density at radius 2 is 1.76 bits per heavy atom. The van der Waals surface area contributed by atoms with Gasteiger partial charge in [0.2, 0.25) is 0 Å². The van der Waals surface area contributed by atoms with Crippen LogP contribution in [-0.2, 0) is 17.9 Å². The van der Waals surface area contributed by atoms with Gasteiger partial charge < -0.3 is 10.1 Å². The van der Waals surface area contributed by atoms with Crippen LogP contribution in [0.1, 0.15) is 21.5 Å². The molecule has 0 aliphatic rings. The van der Waals surface area contributed by atoms with Crippen molar-refractivity contribution in [3.8, 4) is 11.3 Å². The Labute approximate surface area is 169 Å². The van der Waals surface area contributed by atoms with Gasteiger partial charge in [0.05, 0.1) is 23.4 Å². The fourth-order valence-corrected chi connectivity index (χ4v) is 3.31. The van der Waals surface area contributed by atoms with Crippen LogP contribution in [0.4, 0.5) is 0 Å². The Balaban J connectivity index is 1.64. The molecule has 0 bridgehead atoms. The number of fused-ring (bicyclic) bond motifs is 1. The number of methoxy groups -OCH3 is 1. The molecule has 2 heterocycles. The smallest absolute Gasteiger partial charge is 0.252 e.